The van der Waals surface area contributed by atoms with E-state index in [0.717, 1.165) is 42.9 Å². The van der Waals surface area contributed by atoms with Crippen molar-refractivity contribution in [1.82, 2.24) is 4.90 Å². The monoisotopic (exact) mass is 475 g/mol. The molecule has 0 bridgehead atoms. The molecule has 3 aromatic carbocycles. The van der Waals surface area contributed by atoms with Gasteiger partial charge in [-0.2, -0.15) is 0 Å². The molecule has 1 amide bonds. The number of hydrogen-bond acceptors (Lipinski definition) is 6. The predicted molar refractivity (Wildman–Crippen MR) is 134 cm³/mol. The molecule has 1 aliphatic heterocycles. The number of nitro benzene ring substituents is 1. The maximum atomic E-state index is 13.6. The van der Waals surface area contributed by atoms with Crippen molar-refractivity contribution in [3.05, 3.63) is 94.0 Å². The first kappa shape index (κ1) is 24.2. The van der Waals surface area contributed by atoms with Gasteiger partial charge in [-0.3, -0.25) is 19.8 Å². The van der Waals surface area contributed by atoms with Gasteiger partial charge >= 0.3 is 0 Å². The lowest BCUT2D eigenvalue weighted by atomic mass is 10.00. The zero-order valence-corrected chi connectivity index (χ0v) is 19.9. The molecule has 3 aromatic rings. The van der Waals surface area contributed by atoms with Gasteiger partial charge in [-0.05, 0) is 66.9 Å². The van der Waals surface area contributed by atoms with Crippen LogP contribution in [-0.2, 0) is 6.54 Å². The van der Waals surface area contributed by atoms with Crippen LogP contribution in [0.4, 0.5) is 11.4 Å². The van der Waals surface area contributed by atoms with Gasteiger partial charge in [-0.25, -0.2) is 0 Å². The third-order valence-corrected chi connectivity index (χ3v) is 6.36. The van der Waals surface area contributed by atoms with Gasteiger partial charge in [0.2, 0.25) is 0 Å². The Bertz CT molecular complexity index is 1160. The Morgan fingerprint density at radius 3 is 2.14 bits per heavy atom. The number of carbonyl (C=O) groups is 1. The number of methoxy groups -OCH3 is 2. The summed E-state index contributed by atoms with van der Waals surface area (Å²) in [5.74, 6) is 1.37. The average Bonchev–Trinajstić information content (AvgIpc) is 2.90. The van der Waals surface area contributed by atoms with E-state index in [9.17, 15) is 14.9 Å². The SMILES string of the molecule is COc1ccc(C(=O)N(c2ccc(OC)cc2)C2CCN(Cc3cccc([N+](=O)[O-])c3)CC2)cc1. The summed E-state index contributed by atoms with van der Waals surface area (Å²) in [4.78, 5) is 28.5. The second-order valence-corrected chi connectivity index (χ2v) is 8.54. The zero-order chi connectivity index (χ0) is 24.8. The van der Waals surface area contributed by atoms with Crippen molar-refractivity contribution in [2.24, 2.45) is 0 Å². The number of nitrogens with zero attached hydrogens (tertiary/aromatic N) is 3. The van der Waals surface area contributed by atoms with Crippen molar-refractivity contribution in [3.63, 3.8) is 0 Å². The second-order valence-electron chi connectivity index (χ2n) is 8.54. The molecule has 4 rings (SSSR count). The molecule has 8 heteroatoms. The maximum absolute atomic E-state index is 13.6. The molecule has 1 saturated heterocycles. The Labute approximate surface area is 204 Å². The molecule has 1 heterocycles. The van der Waals surface area contributed by atoms with E-state index in [0.29, 0.717) is 17.9 Å². The molecule has 0 spiro atoms. The molecule has 0 radical (unpaired) electrons. The fourth-order valence-electron chi connectivity index (χ4n) is 4.47. The Morgan fingerprint density at radius 1 is 0.971 bits per heavy atom. The number of piperidine rings is 1. The van der Waals surface area contributed by atoms with Crippen LogP contribution >= 0.6 is 0 Å². The van der Waals surface area contributed by atoms with Crippen molar-refractivity contribution in [3.8, 4) is 11.5 Å². The third kappa shape index (κ3) is 5.78. The van der Waals surface area contributed by atoms with E-state index in [1.54, 1.807) is 50.6 Å². The highest BCUT2D eigenvalue weighted by molar-refractivity contribution is 6.06. The smallest absolute Gasteiger partial charge is 0.269 e. The van der Waals surface area contributed by atoms with Crippen molar-refractivity contribution in [2.45, 2.75) is 25.4 Å². The van der Waals surface area contributed by atoms with Crippen LogP contribution in [0.5, 0.6) is 11.5 Å². The standard InChI is InChI=1S/C27H29N3O5/c1-34-25-10-6-21(7-11-25)27(31)29(22-8-12-26(35-2)13-9-22)23-14-16-28(17-15-23)19-20-4-3-5-24(18-20)30(32)33/h3-13,18,23H,14-17,19H2,1-2H3. The Morgan fingerprint density at radius 2 is 1.57 bits per heavy atom. The number of carbonyl (C=O) groups excluding carboxylic acids is 1. The summed E-state index contributed by atoms with van der Waals surface area (Å²) >= 11 is 0. The Kier molecular flexibility index (Phi) is 7.62. The van der Waals surface area contributed by atoms with Crippen LogP contribution in [0.25, 0.3) is 0 Å². The Hall–Kier alpha value is -3.91. The lowest BCUT2D eigenvalue weighted by Gasteiger charge is -2.38. The van der Waals surface area contributed by atoms with E-state index in [2.05, 4.69) is 4.90 Å². The largest absolute Gasteiger partial charge is 0.497 e. The number of benzene rings is 3. The maximum Gasteiger partial charge on any atom is 0.269 e. The zero-order valence-electron chi connectivity index (χ0n) is 19.9. The molecule has 8 nitrogen and oxygen atoms in total. The molecule has 0 saturated carbocycles. The first-order valence-electron chi connectivity index (χ1n) is 11.6. The van der Waals surface area contributed by atoms with Gasteiger partial charge in [0.25, 0.3) is 11.6 Å². The van der Waals surface area contributed by atoms with E-state index in [4.69, 9.17) is 9.47 Å². The average molecular weight is 476 g/mol. The predicted octanol–water partition coefficient (Wildman–Crippen LogP) is 4.92. The minimum atomic E-state index is -0.368. The molecule has 1 aliphatic rings. The van der Waals surface area contributed by atoms with Crippen LogP contribution in [0.1, 0.15) is 28.8 Å². The van der Waals surface area contributed by atoms with Gasteiger partial charge in [-0.15, -0.1) is 0 Å². The lowest BCUT2D eigenvalue weighted by molar-refractivity contribution is -0.384. The number of hydrogen-bond donors (Lipinski definition) is 0. The molecule has 1 fully saturated rings. The van der Waals surface area contributed by atoms with E-state index in [-0.39, 0.29) is 22.6 Å². The number of non-ortho nitro benzene ring substituents is 1. The first-order valence-corrected chi connectivity index (χ1v) is 11.6. The number of rotatable bonds is 8. The highest BCUT2D eigenvalue weighted by Gasteiger charge is 2.30. The Balaban J connectivity index is 1.51. The lowest BCUT2D eigenvalue weighted by Crippen LogP contribution is -2.47. The second kappa shape index (κ2) is 11.0. The van der Waals surface area contributed by atoms with E-state index in [1.165, 1.54) is 6.07 Å². The number of ether oxygens (including phenoxy) is 2. The molecular weight excluding hydrogens is 446 g/mol. The quantitative estimate of drug-likeness (QED) is 0.339. The van der Waals surface area contributed by atoms with E-state index >= 15 is 0 Å². The molecule has 0 aromatic heterocycles. The normalized spacial score (nSPS) is 14.3. The summed E-state index contributed by atoms with van der Waals surface area (Å²) < 4.78 is 10.5. The molecular formula is C27H29N3O5. The van der Waals surface area contributed by atoms with Gasteiger partial charge in [0, 0.05) is 49.1 Å². The number of nitro groups is 1. The highest BCUT2D eigenvalue weighted by atomic mass is 16.6. The number of likely N-dealkylation sites (tertiary alicyclic amines) is 1. The summed E-state index contributed by atoms with van der Waals surface area (Å²) in [7, 11) is 3.22. The van der Waals surface area contributed by atoms with Gasteiger partial charge in [-0.1, -0.05) is 12.1 Å². The molecule has 0 N–H and O–H groups in total. The van der Waals surface area contributed by atoms with Gasteiger partial charge in [0.1, 0.15) is 11.5 Å². The molecule has 182 valence electrons. The minimum Gasteiger partial charge on any atom is -0.497 e. The number of amides is 1. The minimum absolute atomic E-state index is 0.0272. The number of anilines is 1. The fourth-order valence-corrected chi connectivity index (χ4v) is 4.47. The van der Waals surface area contributed by atoms with Crippen LogP contribution in [0.2, 0.25) is 0 Å². The summed E-state index contributed by atoms with van der Waals surface area (Å²) in [5, 5.41) is 11.1. The molecule has 35 heavy (non-hydrogen) atoms. The first-order chi connectivity index (χ1) is 17.0. The molecule has 0 atom stereocenters. The van der Waals surface area contributed by atoms with E-state index < -0.39 is 0 Å². The van der Waals surface area contributed by atoms with Crippen molar-refractivity contribution in [1.29, 1.82) is 0 Å². The summed E-state index contributed by atoms with van der Waals surface area (Å²) in [5.41, 5.74) is 2.44. The van der Waals surface area contributed by atoms with Crippen molar-refractivity contribution in [2.75, 3.05) is 32.2 Å². The van der Waals surface area contributed by atoms with Crippen molar-refractivity contribution >= 4 is 17.3 Å². The molecule has 0 unspecified atom stereocenters. The van der Waals surface area contributed by atoms with Gasteiger partial charge < -0.3 is 14.4 Å². The van der Waals surface area contributed by atoms with Crippen LogP contribution in [0.15, 0.2) is 72.8 Å². The fraction of sp³-hybridized carbons (Fsp3) is 0.296. The van der Waals surface area contributed by atoms with Crippen LogP contribution in [-0.4, -0.2) is 49.1 Å². The van der Waals surface area contributed by atoms with Gasteiger partial charge in [0.05, 0.1) is 19.1 Å². The summed E-state index contributed by atoms with van der Waals surface area (Å²) in [6.07, 6.45) is 1.59. The topological polar surface area (TPSA) is 85.1 Å². The highest BCUT2D eigenvalue weighted by Crippen LogP contribution is 2.29. The van der Waals surface area contributed by atoms with Crippen LogP contribution in [0.3, 0.4) is 0 Å². The third-order valence-electron chi connectivity index (χ3n) is 6.36. The van der Waals surface area contributed by atoms with E-state index in [1.807, 2.05) is 35.2 Å². The van der Waals surface area contributed by atoms with Gasteiger partial charge in [0.15, 0.2) is 0 Å². The van der Waals surface area contributed by atoms with Crippen LogP contribution in [0, 0.1) is 10.1 Å². The summed E-state index contributed by atoms with van der Waals surface area (Å²) in [6.45, 7) is 2.22. The van der Waals surface area contributed by atoms with Crippen molar-refractivity contribution < 1.29 is 19.2 Å². The van der Waals surface area contributed by atoms with Crippen LogP contribution < -0.4 is 14.4 Å². The molecule has 0 aliphatic carbocycles. The summed E-state index contributed by atoms with van der Waals surface area (Å²) in [6, 6.07) is 21.5.